The molecule has 0 heterocycles. The summed E-state index contributed by atoms with van der Waals surface area (Å²) in [6.07, 6.45) is 0. The lowest BCUT2D eigenvalue weighted by molar-refractivity contribution is 0.577. The van der Waals surface area contributed by atoms with Gasteiger partial charge >= 0.3 is 0 Å². The van der Waals surface area contributed by atoms with Crippen molar-refractivity contribution in [2.24, 2.45) is 0 Å². The Morgan fingerprint density at radius 2 is 1.68 bits per heavy atom. The SMILES string of the molecule is Fc1cc(C(Br)c2cccc(Cl)c2F)c(F)cc1Br. The summed E-state index contributed by atoms with van der Waals surface area (Å²) in [6.45, 7) is 0. The zero-order chi connectivity index (χ0) is 14.2. The smallest absolute Gasteiger partial charge is 0.146 e. The van der Waals surface area contributed by atoms with Crippen LogP contribution in [0.15, 0.2) is 34.8 Å². The van der Waals surface area contributed by atoms with E-state index in [1.165, 1.54) is 12.1 Å². The first-order valence-electron chi connectivity index (χ1n) is 5.14. The van der Waals surface area contributed by atoms with Crippen molar-refractivity contribution >= 4 is 43.5 Å². The van der Waals surface area contributed by atoms with E-state index in [1.807, 2.05) is 0 Å². The fourth-order valence-electron chi connectivity index (χ4n) is 1.62. The van der Waals surface area contributed by atoms with E-state index in [9.17, 15) is 13.2 Å². The molecule has 0 aromatic heterocycles. The molecular weight excluding hydrogens is 408 g/mol. The highest BCUT2D eigenvalue weighted by Crippen LogP contribution is 2.37. The predicted molar refractivity (Wildman–Crippen MR) is 76.2 cm³/mol. The molecule has 0 aliphatic rings. The molecule has 0 nitrogen and oxygen atoms in total. The van der Waals surface area contributed by atoms with E-state index in [-0.39, 0.29) is 20.6 Å². The van der Waals surface area contributed by atoms with Crippen molar-refractivity contribution in [3.63, 3.8) is 0 Å². The highest BCUT2D eigenvalue weighted by molar-refractivity contribution is 9.10. The summed E-state index contributed by atoms with van der Waals surface area (Å²) in [5.74, 6) is -1.92. The van der Waals surface area contributed by atoms with E-state index in [0.29, 0.717) is 0 Å². The summed E-state index contributed by atoms with van der Waals surface area (Å²) in [5.41, 5.74) is 0.148. The third kappa shape index (κ3) is 2.98. The van der Waals surface area contributed by atoms with Crippen molar-refractivity contribution in [2.75, 3.05) is 0 Å². The minimum Gasteiger partial charge on any atom is -0.207 e. The van der Waals surface area contributed by atoms with E-state index in [4.69, 9.17) is 11.6 Å². The van der Waals surface area contributed by atoms with Gasteiger partial charge in [0.25, 0.3) is 0 Å². The Balaban J connectivity index is 2.53. The molecule has 2 aromatic carbocycles. The molecule has 100 valence electrons. The average molecular weight is 414 g/mol. The van der Waals surface area contributed by atoms with Crippen LogP contribution >= 0.6 is 43.5 Å². The quantitative estimate of drug-likeness (QED) is 0.417. The fourth-order valence-corrected chi connectivity index (χ4v) is 2.82. The molecule has 0 fully saturated rings. The van der Waals surface area contributed by atoms with Crippen LogP contribution in [0, 0.1) is 17.5 Å². The molecule has 1 unspecified atom stereocenters. The summed E-state index contributed by atoms with van der Waals surface area (Å²) >= 11 is 11.7. The van der Waals surface area contributed by atoms with Gasteiger partial charge in [-0.2, -0.15) is 0 Å². The van der Waals surface area contributed by atoms with Crippen molar-refractivity contribution < 1.29 is 13.2 Å². The topological polar surface area (TPSA) is 0 Å². The van der Waals surface area contributed by atoms with Crippen LogP contribution in [-0.2, 0) is 0 Å². The number of benzene rings is 2. The van der Waals surface area contributed by atoms with Gasteiger partial charge < -0.3 is 0 Å². The number of hydrogen-bond acceptors (Lipinski definition) is 0. The molecule has 0 N–H and O–H groups in total. The predicted octanol–water partition coefficient (Wildman–Crippen LogP) is 6.00. The maximum Gasteiger partial charge on any atom is 0.146 e. The van der Waals surface area contributed by atoms with Crippen molar-refractivity contribution in [2.45, 2.75) is 4.83 Å². The molecule has 0 saturated heterocycles. The largest absolute Gasteiger partial charge is 0.207 e. The van der Waals surface area contributed by atoms with Gasteiger partial charge in [0.1, 0.15) is 17.5 Å². The molecule has 2 rings (SSSR count). The third-order valence-corrected chi connectivity index (χ3v) is 4.45. The van der Waals surface area contributed by atoms with Gasteiger partial charge in [-0.05, 0) is 34.1 Å². The van der Waals surface area contributed by atoms with Crippen molar-refractivity contribution in [1.82, 2.24) is 0 Å². The Morgan fingerprint density at radius 3 is 2.37 bits per heavy atom. The molecule has 0 spiro atoms. The zero-order valence-electron chi connectivity index (χ0n) is 9.23. The standard InChI is InChI=1S/C13H6Br2ClF3/c14-8-5-10(17)7(4-11(8)18)12(15)6-2-1-3-9(16)13(6)19/h1-5,12H. The van der Waals surface area contributed by atoms with Crippen LogP contribution < -0.4 is 0 Å². The molecule has 1 atom stereocenters. The summed E-state index contributed by atoms with van der Waals surface area (Å²) in [6, 6.07) is 6.40. The van der Waals surface area contributed by atoms with E-state index in [2.05, 4.69) is 31.9 Å². The van der Waals surface area contributed by atoms with Crippen molar-refractivity contribution in [3.05, 3.63) is 68.4 Å². The van der Waals surface area contributed by atoms with Crippen LogP contribution in [-0.4, -0.2) is 0 Å². The van der Waals surface area contributed by atoms with Gasteiger partial charge in [0.2, 0.25) is 0 Å². The lowest BCUT2D eigenvalue weighted by Crippen LogP contribution is -2.01. The number of rotatable bonds is 2. The summed E-state index contributed by atoms with van der Waals surface area (Å²) in [4.78, 5) is -0.825. The molecule has 0 aliphatic carbocycles. The minimum absolute atomic E-state index is 0.00173. The van der Waals surface area contributed by atoms with Gasteiger partial charge in [0.05, 0.1) is 14.3 Å². The Morgan fingerprint density at radius 1 is 1.00 bits per heavy atom. The molecule has 0 radical (unpaired) electrons. The van der Waals surface area contributed by atoms with Crippen LogP contribution in [0.3, 0.4) is 0 Å². The molecule has 0 bridgehead atoms. The first-order chi connectivity index (χ1) is 8.91. The molecule has 2 aromatic rings. The van der Waals surface area contributed by atoms with Crippen LogP contribution in [0.2, 0.25) is 5.02 Å². The van der Waals surface area contributed by atoms with Gasteiger partial charge in [-0.15, -0.1) is 0 Å². The monoisotopic (exact) mass is 412 g/mol. The van der Waals surface area contributed by atoms with Crippen molar-refractivity contribution in [1.29, 1.82) is 0 Å². The molecule has 19 heavy (non-hydrogen) atoms. The number of hydrogen-bond donors (Lipinski definition) is 0. The summed E-state index contributed by atoms with van der Waals surface area (Å²) in [7, 11) is 0. The van der Waals surface area contributed by atoms with Gasteiger partial charge in [-0.25, -0.2) is 13.2 Å². The summed E-state index contributed by atoms with van der Waals surface area (Å²) in [5, 5.41) is -0.0695. The highest BCUT2D eigenvalue weighted by Gasteiger charge is 2.21. The van der Waals surface area contributed by atoms with Crippen LogP contribution in [0.25, 0.3) is 0 Å². The second-order valence-electron chi connectivity index (χ2n) is 3.79. The summed E-state index contributed by atoms with van der Waals surface area (Å²) < 4.78 is 41.2. The van der Waals surface area contributed by atoms with Crippen LogP contribution in [0.1, 0.15) is 16.0 Å². The molecule has 0 aliphatic heterocycles. The normalized spacial score (nSPS) is 12.5. The first-order valence-corrected chi connectivity index (χ1v) is 7.23. The van der Waals surface area contributed by atoms with Gasteiger partial charge in [-0.1, -0.05) is 39.7 Å². The Bertz CT molecular complexity index is 632. The maximum atomic E-state index is 13.9. The highest BCUT2D eigenvalue weighted by atomic mass is 79.9. The molecule has 6 heteroatoms. The van der Waals surface area contributed by atoms with E-state index in [1.54, 1.807) is 6.07 Å². The zero-order valence-corrected chi connectivity index (χ0v) is 13.2. The second kappa shape index (κ2) is 5.85. The average Bonchev–Trinajstić information content (AvgIpc) is 2.36. The van der Waals surface area contributed by atoms with E-state index >= 15 is 0 Å². The Kier molecular flexibility index (Phi) is 4.58. The maximum absolute atomic E-state index is 13.9. The van der Waals surface area contributed by atoms with Gasteiger partial charge in [0.15, 0.2) is 0 Å². The third-order valence-electron chi connectivity index (χ3n) is 2.57. The lowest BCUT2D eigenvalue weighted by atomic mass is 10.0. The van der Waals surface area contributed by atoms with Gasteiger partial charge in [0, 0.05) is 11.1 Å². The van der Waals surface area contributed by atoms with Crippen LogP contribution in [0.4, 0.5) is 13.2 Å². The van der Waals surface area contributed by atoms with E-state index < -0.39 is 22.3 Å². The lowest BCUT2D eigenvalue weighted by Gasteiger charge is -2.14. The van der Waals surface area contributed by atoms with Crippen LogP contribution in [0.5, 0.6) is 0 Å². The molecule has 0 saturated carbocycles. The van der Waals surface area contributed by atoms with Crippen molar-refractivity contribution in [3.8, 4) is 0 Å². The Labute approximate surface area is 129 Å². The molecule has 0 amide bonds. The first kappa shape index (κ1) is 14.9. The van der Waals surface area contributed by atoms with Gasteiger partial charge in [-0.3, -0.25) is 0 Å². The fraction of sp³-hybridized carbons (Fsp3) is 0.0769. The Hall–Kier alpha value is -0.520. The number of alkyl halides is 1. The minimum atomic E-state index is -0.825. The molecular formula is C13H6Br2ClF3. The second-order valence-corrected chi connectivity index (χ2v) is 5.97. The van der Waals surface area contributed by atoms with E-state index in [0.717, 1.165) is 12.1 Å². The number of halogens is 6.